The lowest BCUT2D eigenvalue weighted by atomic mass is 10.2. The molecule has 0 bridgehead atoms. The van der Waals surface area contributed by atoms with Crippen LogP contribution in [0.4, 0.5) is 5.69 Å². The number of rotatable bonds is 5. The van der Waals surface area contributed by atoms with Crippen LogP contribution in [0.3, 0.4) is 0 Å². The van der Waals surface area contributed by atoms with Crippen LogP contribution in [0, 0.1) is 6.92 Å². The lowest BCUT2D eigenvalue weighted by molar-refractivity contribution is 0.110. The fourth-order valence-electron chi connectivity index (χ4n) is 1.30. The average Bonchev–Trinajstić information content (AvgIpc) is 2.15. The molecule has 0 aliphatic heterocycles. The summed E-state index contributed by atoms with van der Waals surface area (Å²) in [5.74, 6) is 0.748. The summed E-state index contributed by atoms with van der Waals surface area (Å²) in [5.41, 5.74) is 7.52. The van der Waals surface area contributed by atoms with Gasteiger partial charge in [-0.2, -0.15) is 0 Å². The Morgan fingerprint density at radius 3 is 2.67 bits per heavy atom. The van der Waals surface area contributed by atoms with Crippen LogP contribution in [0.5, 0.6) is 5.75 Å². The first-order valence-corrected chi connectivity index (χ1v) is 5.70. The molecule has 0 aliphatic carbocycles. The molecule has 0 spiro atoms. The van der Waals surface area contributed by atoms with Crippen molar-refractivity contribution in [1.29, 1.82) is 0 Å². The van der Waals surface area contributed by atoms with E-state index in [-0.39, 0.29) is 0 Å². The van der Waals surface area contributed by atoms with Crippen LogP contribution >= 0.6 is 15.9 Å². The molecule has 1 aromatic carbocycles. The van der Waals surface area contributed by atoms with E-state index in [1.165, 1.54) is 0 Å². The van der Waals surface area contributed by atoms with Crippen molar-refractivity contribution in [2.45, 2.75) is 13.8 Å². The van der Waals surface area contributed by atoms with Gasteiger partial charge in [0.25, 0.3) is 0 Å². The highest BCUT2D eigenvalue weighted by molar-refractivity contribution is 9.10. The molecule has 1 aromatic rings. The third-order valence-electron chi connectivity index (χ3n) is 1.95. The monoisotopic (exact) mass is 273 g/mol. The first-order chi connectivity index (χ1) is 7.15. The van der Waals surface area contributed by atoms with Crippen molar-refractivity contribution in [3.63, 3.8) is 0 Å². The van der Waals surface area contributed by atoms with E-state index in [0.717, 1.165) is 15.8 Å². The van der Waals surface area contributed by atoms with Crippen LogP contribution in [-0.2, 0) is 4.74 Å². The van der Waals surface area contributed by atoms with E-state index in [4.69, 9.17) is 15.2 Å². The first kappa shape index (κ1) is 12.3. The zero-order valence-corrected chi connectivity index (χ0v) is 10.6. The van der Waals surface area contributed by atoms with Gasteiger partial charge in [-0.25, -0.2) is 0 Å². The fraction of sp³-hybridized carbons (Fsp3) is 0.455. The summed E-state index contributed by atoms with van der Waals surface area (Å²) in [7, 11) is 0. The molecule has 0 saturated carbocycles. The Kier molecular flexibility index (Phi) is 4.91. The number of ether oxygens (including phenoxy) is 2. The molecule has 0 saturated heterocycles. The molecule has 0 aromatic heterocycles. The molecular formula is C11H16BrNO2. The zero-order valence-electron chi connectivity index (χ0n) is 9.05. The molecule has 0 radical (unpaired) electrons. The second-order valence-electron chi connectivity index (χ2n) is 3.19. The molecule has 0 fully saturated rings. The number of hydrogen-bond acceptors (Lipinski definition) is 3. The Labute approximate surface area is 98.7 Å². The molecular weight excluding hydrogens is 258 g/mol. The number of anilines is 1. The first-order valence-electron chi connectivity index (χ1n) is 4.91. The lowest BCUT2D eigenvalue weighted by Gasteiger charge is -2.12. The number of nitrogen functional groups attached to an aromatic ring is 1. The van der Waals surface area contributed by atoms with E-state index in [2.05, 4.69) is 15.9 Å². The van der Waals surface area contributed by atoms with E-state index < -0.39 is 0 Å². The number of nitrogens with two attached hydrogens (primary N) is 1. The number of hydrogen-bond donors (Lipinski definition) is 1. The Morgan fingerprint density at radius 1 is 1.33 bits per heavy atom. The summed E-state index contributed by atoms with van der Waals surface area (Å²) < 4.78 is 11.7. The van der Waals surface area contributed by atoms with Gasteiger partial charge in [-0.1, -0.05) is 15.9 Å². The number of halogens is 1. The van der Waals surface area contributed by atoms with Gasteiger partial charge >= 0.3 is 0 Å². The molecule has 0 aliphatic rings. The third kappa shape index (κ3) is 3.72. The predicted octanol–water partition coefficient (Wildman–Crippen LogP) is 2.76. The Balaban J connectivity index is 2.60. The summed E-state index contributed by atoms with van der Waals surface area (Å²) in [6, 6.07) is 3.81. The third-order valence-corrected chi connectivity index (χ3v) is 2.40. The van der Waals surface area contributed by atoms with Crippen LogP contribution in [0.1, 0.15) is 12.5 Å². The minimum absolute atomic E-state index is 0.528. The predicted molar refractivity (Wildman–Crippen MR) is 65.3 cm³/mol. The van der Waals surface area contributed by atoms with Crippen molar-refractivity contribution in [3.8, 4) is 5.75 Å². The second-order valence-corrected chi connectivity index (χ2v) is 4.10. The van der Waals surface area contributed by atoms with E-state index in [0.29, 0.717) is 25.5 Å². The van der Waals surface area contributed by atoms with Gasteiger partial charge in [-0.3, -0.25) is 0 Å². The maximum Gasteiger partial charge on any atom is 0.145 e. The minimum Gasteiger partial charge on any atom is -0.489 e. The molecule has 15 heavy (non-hydrogen) atoms. The summed E-state index contributed by atoms with van der Waals surface area (Å²) in [5, 5.41) is 0. The average molecular weight is 274 g/mol. The van der Waals surface area contributed by atoms with E-state index in [1.807, 2.05) is 26.0 Å². The van der Waals surface area contributed by atoms with Gasteiger partial charge in [0, 0.05) is 11.1 Å². The van der Waals surface area contributed by atoms with Gasteiger partial charge in [0.05, 0.1) is 12.3 Å². The van der Waals surface area contributed by atoms with Gasteiger partial charge in [0.15, 0.2) is 0 Å². The van der Waals surface area contributed by atoms with E-state index >= 15 is 0 Å². The van der Waals surface area contributed by atoms with Crippen LogP contribution in [-0.4, -0.2) is 19.8 Å². The molecule has 0 atom stereocenters. The molecule has 4 heteroatoms. The Hall–Kier alpha value is -0.740. The maximum atomic E-state index is 5.84. The van der Waals surface area contributed by atoms with Crippen molar-refractivity contribution in [2.24, 2.45) is 0 Å². The Bertz CT molecular complexity index is 305. The topological polar surface area (TPSA) is 44.5 Å². The summed E-state index contributed by atoms with van der Waals surface area (Å²) in [6.45, 7) is 5.75. The number of benzene rings is 1. The fourth-order valence-corrected chi connectivity index (χ4v) is 1.89. The van der Waals surface area contributed by atoms with Crippen molar-refractivity contribution < 1.29 is 9.47 Å². The van der Waals surface area contributed by atoms with Gasteiger partial charge in [-0.15, -0.1) is 0 Å². The smallest absolute Gasteiger partial charge is 0.145 e. The number of aryl methyl sites for hydroxylation is 1. The quantitative estimate of drug-likeness (QED) is 0.663. The summed E-state index contributed by atoms with van der Waals surface area (Å²) in [4.78, 5) is 0. The van der Waals surface area contributed by atoms with Gasteiger partial charge in [-0.05, 0) is 31.5 Å². The summed E-state index contributed by atoms with van der Waals surface area (Å²) >= 11 is 3.38. The van der Waals surface area contributed by atoms with Crippen LogP contribution in [0.15, 0.2) is 16.6 Å². The molecule has 0 unspecified atom stereocenters. The standard InChI is InChI=1S/C11H16BrNO2/c1-3-14-4-5-15-11-8(2)6-9(12)7-10(11)13/h6-7H,3-5,13H2,1-2H3. The largest absolute Gasteiger partial charge is 0.489 e. The zero-order chi connectivity index (χ0) is 11.3. The molecule has 84 valence electrons. The van der Waals surface area contributed by atoms with Crippen molar-refractivity contribution in [2.75, 3.05) is 25.6 Å². The molecule has 2 N–H and O–H groups in total. The normalized spacial score (nSPS) is 10.3. The van der Waals surface area contributed by atoms with Crippen molar-refractivity contribution in [1.82, 2.24) is 0 Å². The van der Waals surface area contributed by atoms with Crippen LogP contribution in [0.2, 0.25) is 0 Å². The summed E-state index contributed by atoms with van der Waals surface area (Å²) in [6.07, 6.45) is 0. The highest BCUT2D eigenvalue weighted by atomic mass is 79.9. The van der Waals surface area contributed by atoms with Crippen LogP contribution in [0.25, 0.3) is 0 Å². The van der Waals surface area contributed by atoms with Crippen molar-refractivity contribution in [3.05, 3.63) is 22.2 Å². The van der Waals surface area contributed by atoms with E-state index in [9.17, 15) is 0 Å². The highest BCUT2D eigenvalue weighted by Crippen LogP contribution is 2.29. The minimum atomic E-state index is 0.528. The van der Waals surface area contributed by atoms with Crippen molar-refractivity contribution >= 4 is 21.6 Å². The highest BCUT2D eigenvalue weighted by Gasteiger charge is 2.05. The molecule has 0 amide bonds. The second kappa shape index (κ2) is 5.98. The lowest BCUT2D eigenvalue weighted by Crippen LogP contribution is -2.08. The maximum absolute atomic E-state index is 5.84. The van der Waals surface area contributed by atoms with Gasteiger partial charge < -0.3 is 15.2 Å². The van der Waals surface area contributed by atoms with Gasteiger partial charge in [0.1, 0.15) is 12.4 Å². The molecule has 3 nitrogen and oxygen atoms in total. The molecule has 0 heterocycles. The molecule has 1 rings (SSSR count). The SMILES string of the molecule is CCOCCOc1c(C)cc(Br)cc1N. The Morgan fingerprint density at radius 2 is 2.07 bits per heavy atom. The van der Waals surface area contributed by atoms with Gasteiger partial charge in [0.2, 0.25) is 0 Å². The van der Waals surface area contributed by atoms with Crippen LogP contribution < -0.4 is 10.5 Å². The van der Waals surface area contributed by atoms with E-state index in [1.54, 1.807) is 0 Å².